The maximum absolute atomic E-state index is 13.0. The zero-order valence-corrected chi connectivity index (χ0v) is 11.4. The number of hydrogen-bond acceptors (Lipinski definition) is 3. The summed E-state index contributed by atoms with van der Waals surface area (Å²) in [6, 6.07) is 9.13. The molecule has 0 atom stereocenters. The molecular formula is C15H13F2N3O2. The summed E-state index contributed by atoms with van der Waals surface area (Å²) in [5.41, 5.74) is 5.86. The molecule has 0 fully saturated rings. The van der Waals surface area contributed by atoms with Crippen LogP contribution in [0.25, 0.3) is 0 Å². The van der Waals surface area contributed by atoms with Gasteiger partial charge in [0, 0.05) is 17.4 Å². The van der Waals surface area contributed by atoms with Gasteiger partial charge in [0.05, 0.1) is 12.1 Å². The second-order valence-electron chi connectivity index (χ2n) is 4.47. The van der Waals surface area contributed by atoms with E-state index in [2.05, 4.69) is 10.6 Å². The molecule has 0 radical (unpaired) electrons. The predicted octanol–water partition coefficient (Wildman–Crippen LogP) is 2.11. The Hall–Kier alpha value is -2.96. The van der Waals surface area contributed by atoms with Crippen molar-refractivity contribution in [2.45, 2.75) is 0 Å². The number of halogens is 2. The Bertz CT molecular complexity index is 699. The van der Waals surface area contributed by atoms with Crippen molar-refractivity contribution in [3.8, 4) is 0 Å². The van der Waals surface area contributed by atoms with Crippen molar-refractivity contribution in [2.75, 3.05) is 17.2 Å². The molecule has 2 amide bonds. The fourth-order valence-electron chi connectivity index (χ4n) is 1.86. The number of carbonyl (C=O) groups is 2. The minimum Gasteiger partial charge on any atom is -0.376 e. The van der Waals surface area contributed by atoms with E-state index >= 15 is 0 Å². The average molecular weight is 305 g/mol. The van der Waals surface area contributed by atoms with Gasteiger partial charge in [0.2, 0.25) is 5.91 Å². The van der Waals surface area contributed by atoms with Gasteiger partial charge >= 0.3 is 0 Å². The number of primary amides is 1. The molecule has 0 bridgehead atoms. The van der Waals surface area contributed by atoms with Gasteiger partial charge in [0.25, 0.3) is 5.91 Å². The molecule has 114 valence electrons. The normalized spacial score (nSPS) is 10.1. The zero-order chi connectivity index (χ0) is 16.1. The van der Waals surface area contributed by atoms with Crippen LogP contribution in [0.5, 0.6) is 0 Å². The van der Waals surface area contributed by atoms with Crippen LogP contribution in [0.2, 0.25) is 0 Å². The van der Waals surface area contributed by atoms with Gasteiger partial charge in [-0.1, -0.05) is 12.1 Å². The van der Waals surface area contributed by atoms with E-state index in [1.807, 2.05) is 0 Å². The molecule has 0 unspecified atom stereocenters. The first-order chi connectivity index (χ1) is 10.5. The maximum Gasteiger partial charge on any atom is 0.250 e. The van der Waals surface area contributed by atoms with Crippen LogP contribution in [0.1, 0.15) is 10.4 Å². The van der Waals surface area contributed by atoms with Crippen molar-refractivity contribution in [3.63, 3.8) is 0 Å². The van der Waals surface area contributed by atoms with E-state index in [1.54, 1.807) is 18.2 Å². The smallest absolute Gasteiger partial charge is 0.250 e. The van der Waals surface area contributed by atoms with E-state index in [9.17, 15) is 18.4 Å². The van der Waals surface area contributed by atoms with Crippen LogP contribution < -0.4 is 16.4 Å². The molecule has 2 rings (SSSR count). The first-order valence-corrected chi connectivity index (χ1v) is 6.34. The van der Waals surface area contributed by atoms with E-state index < -0.39 is 23.4 Å². The Kier molecular flexibility index (Phi) is 4.67. The summed E-state index contributed by atoms with van der Waals surface area (Å²) >= 11 is 0. The molecule has 5 nitrogen and oxygen atoms in total. The van der Waals surface area contributed by atoms with Gasteiger partial charge in [-0.25, -0.2) is 8.78 Å². The van der Waals surface area contributed by atoms with Gasteiger partial charge in [-0.2, -0.15) is 0 Å². The summed E-state index contributed by atoms with van der Waals surface area (Å²) in [6.07, 6.45) is 0. The van der Waals surface area contributed by atoms with Crippen molar-refractivity contribution >= 4 is 23.2 Å². The first kappa shape index (κ1) is 15.4. The minimum atomic E-state index is -0.790. The van der Waals surface area contributed by atoms with Crippen LogP contribution in [0, 0.1) is 11.6 Å². The molecule has 4 N–H and O–H groups in total. The van der Waals surface area contributed by atoms with Crippen LogP contribution >= 0.6 is 0 Å². The number of benzene rings is 2. The second-order valence-corrected chi connectivity index (χ2v) is 4.47. The lowest BCUT2D eigenvalue weighted by molar-refractivity contribution is -0.114. The predicted molar refractivity (Wildman–Crippen MR) is 78.4 cm³/mol. The number of nitrogens with two attached hydrogens (primary N) is 1. The van der Waals surface area contributed by atoms with Crippen molar-refractivity contribution in [1.29, 1.82) is 0 Å². The van der Waals surface area contributed by atoms with Gasteiger partial charge in [0.15, 0.2) is 0 Å². The van der Waals surface area contributed by atoms with E-state index in [0.717, 1.165) is 12.1 Å². The van der Waals surface area contributed by atoms with Crippen molar-refractivity contribution in [1.82, 2.24) is 0 Å². The lowest BCUT2D eigenvalue weighted by Crippen LogP contribution is -2.23. The molecule has 0 heterocycles. The summed E-state index contributed by atoms with van der Waals surface area (Å²) in [5.74, 6) is -2.73. The van der Waals surface area contributed by atoms with Crippen molar-refractivity contribution < 1.29 is 18.4 Å². The summed E-state index contributed by atoms with van der Waals surface area (Å²) in [6.45, 7) is -0.192. The molecule has 0 spiro atoms. The fourth-order valence-corrected chi connectivity index (χ4v) is 1.86. The van der Waals surface area contributed by atoms with Gasteiger partial charge < -0.3 is 16.4 Å². The van der Waals surface area contributed by atoms with Crippen molar-refractivity contribution in [3.05, 3.63) is 59.7 Å². The Labute approximate surface area is 125 Å². The standard InChI is InChI=1S/C15H13F2N3O2/c16-9-5-10(17)7-11(6-9)20-14(21)8-19-13-4-2-1-3-12(13)15(18)22/h1-7,19H,8H2,(H2,18,22)(H,20,21). The highest BCUT2D eigenvalue weighted by atomic mass is 19.1. The van der Waals surface area contributed by atoms with Crippen molar-refractivity contribution in [2.24, 2.45) is 5.73 Å². The number of hydrogen-bond donors (Lipinski definition) is 3. The fraction of sp³-hybridized carbons (Fsp3) is 0.0667. The second kappa shape index (κ2) is 6.66. The largest absolute Gasteiger partial charge is 0.376 e. The summed E-state index contributed by atoms with van der Waals surface area (Å²) in [4.78, 5) is 23.0. The third-order valence-corrected chi connectivity index (χ3v) is 2.78. The van der Waals surface area contributed by atoms with Crippen LogP contribution in [0.3, 0.4) is 0 Å². The lowest BCUT2D eigenvalue weighted by atomic mass is 10.1. The molecule has 22 heavy (non-hydrogen) atoms. The summed E-state index contributed by atoms with van der Waals surface area (Å²) < 4.78 is 26.0. The number of amides is 2. The van der Waals surface area contributed by atoms with Gasteiger partial charge in [-0.05, 0) is 24.3 Å². The topological polar surface area (TPSA) is 84.2 Å². The maximum atomic E-state index is 13.0. The van der Waals surface area contributed by atoms with E-state index in [0.29, 0.717) is 11.8 Å². The number of rotatable bonds is 5. The third kappa shape index (κ3) is 4.02. The quantitative estimate of drug-likeness (QED) is 0.791. The summed E-state index contributed by atoms with van der Waals surface area (Å²) in [7, 11) is 0. The molecule has 2 aromatic carbocycles. The molecule has 0 aromatic heterocycles. The monoisotopic (exact) mass is 305 g/mol. The molecule has 0 saturated heterocycles. The Morgan fingerprint density at radius 1 is 1.05 bits per heavy atom. The summed E-state index contributed by atoms with van der Waals surface area (Å²) in [5, 5.41) is 5.09. The van der Waals surface area contributed by atoms with E-state index in [4.69, 9.17) is 5.73 Å². The highest BCUT2D eigenvalue weighted by Gasteiger charge is 2.09. The number of anilines is 2. The van der Waals surface area contributed by atoms with Crippen LogP contribution in [0.4, 0.5) is 20.2 Å². The average Bonchev–Trinajstić information content (AvgIpc) is 2.44. The Morgan fingerprint density at radius 3 is 2.32 bits per heavy atom. The molecule has 0 aliphatic heterocycles. The highest BCUT2D eigenvalue weighted by Crippen LogP contribution is 2.15. The minimum absolute atomic E-state index is 0.00693. The molecule has 2 aromatic rings. The number of para-hydroxylation sites is 1. The molecule has 7 heteroatoms. The van der Waals surface area contributed by atoms with Gasteiger partial charge in [-0.3, -0.25) is 9.59 Å². The Balaban J connectivity index is 2.00. The number of carbonyl (C=O) groups excluding carboxylic acids is 2. The van der Waals surface area contributed by atoms with Crippen LogP contribution in [-0.4, -0.2) is 18.4 Å². The van der Waals surface area contributed by atoms with Gasteiger partial charge in [-0.15, -0.1) is 0 Å². The van der Waals surface area contributed by atoms with Crippen LogP contribution in [0.15, 0.2) is 42.5 Å². The third-order valence-electron chi connectivity index (χ3n) is 2.78. The van der Waals surface area contributed by atoms with Gasteiger partial charge in [0.1, 0.15) is 11.6 Å². The van der Waals surface area contributed by atoms with Crippen LogP contribution in [-0.2, 0) is 4.79 Å². The zero-order valence-electron chi connectivity index (χ0n) is 11.4. The molecular weight excluding hydrogens is 292 g/mol. The SMILES string of the molecule is NC(=O)c1ccccc1NCC(=O)Nc1cc(F)cc(F)c1. The first-order valence-electron chi connectivity index (χ1n) is 6.34. The Morgan fingerprint density at radius 2 is 1.68 bits per heavy atom. The van der Waals surface area contributed by atoms with E-state index in [-0.39, 0.29) is 17.8 Å². The highest BCUT2D eigenvalue weighted by molar-refractivity contribution is 6.00. The number of nitrogens with one attached hydrogen (secondary N) is 2. The molecule has 0 aliphatic carbocycles. The van der Waals surface area contributed by atoms with E-state index in [1.165, 1.54) is 6.07 Å². The molecule has 0 aliphatic rings. The molecule has 0 saturated carbocycles. The lowest BCUT2D eigenvalue weighted by Gasteiger charge is -2.10.